The maximum absolute atomic E-state index is 12.5. The Kier molecular flexibility index (Phi) is 3.45. The number of anilines is 1. The molecular formula is C10H12FNO2. The summed E-state index contributed by atoms with van der Waals surface area (Å²) >= 11 is 0. The molecule has 1 amide bonds. The van der Waals surface area contributed by atoms with Crippen molar-refractivity contribution in [3.05, 3.63) is 24.3 Å². The number of benzene rings is 1. The Morgan fingerprint density at radius 3 is 2.86 bits per heavy atom. The first-order valence-corrected chi connectivity index (χ1v) is 4.22. The van der Waals surface area contributed by atoms with Crippen LogP contribution in [0.4, 0.5) is 10.1 Å². The third kappa shape index (κ3) is 2.73. The molecule has 0 saturated heterocycles. The van der Waals surface area contributed by atoms with Crippen molar-refractivity contribution in [3.63, 3.8) is 0 Å². The average molecular weight is 197 g/mol. The van der Waals surface area contributed by atoms with E-state index in [2.05, 4.69) is 5.32 Å². The molecule has 1 rings (SSSR count). The van der Waals surface area contributed by atoms with Gasteiger partial charge < -0.3 is 10.1 Å². The number of rotatable bonds is 3. The maximum Gasteiger partial charge on any atom is 0.258 e. The molecular weight excluding hydrogens is 185 g/mol. The molecule has 0 aliphatic heterocycles. The molecule has 14 heavy (non-hydrogen) atoms. The predicted molar refractivity (Wildman–Crippen MR) is 52.2 cm³/mol. The number of hydrogen-bond acceptors (Lipinski definition) is 2. The lowest BCUT2D eigenvalue weighted by Gasteiger charge is -2.06. The number of halogens is 1. The Labute approximate surface area is 81.9 Å². The first-order chi connectivity index (χ1) is 6.63. The number of methoxy groups -OCH3 is 1. The zero-order chi connectivity index (χ0) is 10.6. The molecule has 4 heteroatoms. The summed E-state index contributed by atoms with van der Waals surface area (Å²) in [5, 5.41) is 2.42. The molecule has 0 fully saturated rings. The summed E-state index contributed by atoms with van der Waals surface area (Å²) in [6.07, 6.45) is -1.51. The fraction of sp³-hybridized carbons (Fsp3) is 0.300. The Balaban J connectivity index is 2.72. The van der Waals surface area contributed by atoms with Gasteiger partial charge in [-0.25, -0.2) is 4.39 Å². The molecule has 3 nitrogen and oxygen atoms in total. The second kappa shape index (κ2) is 4.60. The summed E-state index contributed by atoms with van der Waals surface area (Å²) < 4.78 is 17.5. The first-order valence-electron chi connectivity index (χ1n) is 4.22. The topological polar surface area (TPSA) is 38.3 Å². The maximum atomic E-state index is 12.5. The van der Waals surface area contributed by atoms with Crippen molar-refractivity contribution in [1.82, 2.24) is 0 Å². The molecule has 0 bridgehead atoms. The molecule has 0 saturated carbocycles. The lowest BCUT2D eigenvalue weighted by molar-refractivity contribution is -0.120. The largest absolute Gasteiger partial charge is 0.497 e. The van der Waals surface area contributed by atoms with Crippen LogP contribution in [0.3, 0.4) is 0 Å². The number of carbonyl (C=O) groups excluding carboxylic acids is 1. The fourth-order valence-electron chi connectivity index (χ4n) is 0.943. The van der Waals surface area contributed by atoms with Gasteiger partial charge in [0.25, 0.3) is 5.91 Å². The molecule has 1 N–H and O–H groups in total. The van der Waals surface area contributed by atoms with Gasteiger partial charge in [-0.15, -0.1) is 0 Å². The van der Waals surface area contributed by atoms with E-state index in [1.165, 1.54) is 14.0 Å². The van der Waals surface area contributed by atoms with Crippen LogP contribution in [-0.2, 0) is 4.79 Å². The molecule has 1 atom stereocenters. The minimum atomic E-state index is -1.51. The number of amides is 1. The lowest BCUT2D eigenvalue weighted by Crippen LogP contribution is -2.20. The molecule has 1 aromatic carbocycles. The Hall–Kier alpha value is -1.58. The molecule has 0 aliphatic carbocycles. The van der Waals surface area contributed by atoms with E-state index < -0.39 is 12.1 Å². The Bertz CT molecular complexity index is 326. The zero-order valence-electron chi connectivity index (χ0n) is 8.08. The predicted octanol–water partition coefficient (Wildman–Crippen LogP) is 1.99. The van der Waals surface area contributed by atoms with Crippen molar-refractivity contribution >= 4 is 11.6 Å². The highest BCUT2D eigenvalue weighted by atomic mass is 19.1. The minimum absolute atomic E-state index is 0.527. The molecule has 0 aromatic heterocycles. The summed E-state index contributed by atoms with van der Waals surface area (Å²) in [4.78, 5) is 11.0. The molecule has 1 aromatic rings. The molecule has 76 valence electrons. The van der Waals surface area contributed by atoms with Crippen LogP contribution < -0.4 is 10.1 Å². The third-order valence-corrected chi connectivity index (χ3v) is 1.70. The van der Waals surface area contributed by atoms with Crippen LogP contribution in [-0.4, -0.2) is 19.2 Å². The lowest BCUT2D eigenvalue weighted by atomic mass is 10.3. The van der Waals surface area contributed by atoms with E-state index in [4.69, 9.17) is 4.74 Å². The highest BCUT2D eigenvalue weighted by Gasteiger charge is 2.10. The van der Waals surface area contributed by atoms with E-state index in [-0.39, 0.29) is 0 Å². The van der Waals surface area contributed by atoms with Crippen molar-refractivity contribution in [2.24, 2.45) is 0 Å². The summed E-state index contributed by atoms with van der Waals surface area (Å²) in [5.41, 5.74) is 0.527. The van der Waals surface area contributed by atoms with Crippen molar-refractivity contribution < 1.29 is 13.9 Å². The van der Waals surface area contributed by atoms with Crippen molar-refractivity contribution in [1.29, 1.82) is 0 Å². The van der Waals surface area contributed by atoms with Gasteiger partial charge in [0.15, 0.2) is 6.17 Å². The van der Waals surface area contributed by atoms with Crippen LogP contribution in [0.25, 0.3) is 0 Å². The second-order valence-corrected chi connectivity index (χ2v) is 2.84. The Morgan fingerprint density at radius 1 is 1.57 bits per heavy atom. The summed E-state index contributed by atoms with van der Waals surface area (Å²) in [7, 11) is 1.53. The van der Waals surface area contributed by atoms with Crippen LogP contribution in [0.2, 0.25) is 0 Å². The van der Waals surface area contributed by atoms with E-state index >= 15 is 0 Å². The van der Waals surface area contributed by atoms with E-state index in [0.717, 1.165) is 0 Å². The van der Waals surface area contributed by atoms with Gasteiger partial charge in [0, 0.05) is 11.8 Å². The van der Waals surface area contributed by atoms with Crippen LogP contribution in [0.15, 0.2) is 24.3 Å². The molecule has 0 spiro atoms. The van der Waals surface area contributed by atoms with Crippen LogP contribution in [0.5, 0.6) is 5.75 Å². The molecule has 0 heterocycles. The molecule has 0 aliphatic rings. The van der Waals surface area contributed by atoms with Gasteiger partial charge in [-0.1, -0.05) is 6.07 Å². The average Bonchev–Trinajstić information content (AvgIpc) is 2.18. The highest BCUT2D eigenvalue weighted by Crippen LogP contribution is 2.16. The van der Waals surface area contributed by atoms with Crippen LogP contribution in [0, 0.1) is 0 Å². The van der Waals surface area contributed by atoms with Crippen LogP contribution >= 0.6 is 0 Å². The summed E-state index contributed by atoms with van der Waals surface area (Å²) in [5.74, 6) is -0.0347. The van der Waals surface area contributed by atoms with Crippen molar-refractivity contribution in [3.8, 4) is 5.75 Å². The molecule has 0 radical (unpaired) electrons. The van der Waals surface area contributed by atoms with Crippen molar-refractivity contribution in [2.75, 3.05) is 12.4 Å². The van der Waals surface area contributed by atoms with Gasteiger partial charge in [0.2, 0.25) is 0 Å². The van der Waals surface area contributed by atoms with E-state index in [9.17, 15) is 9.18 Å². The summed E-state index contributed by atoms with van der Waals surface area (Å²) in [6.45, 7) is 1.19. The first kappa shape index (κ1) is 10.5. The Morgan fingerprint density at radius 2 is 2.29 bits per heavy atom. The number of alkyl halides is 1. The van der Waals surface area contributed by atoms with Gasteiger partial charge in [0.1, 0.15) is 5.75 Å². The standard InChI is InChI=1S/C10H12FNO2/c1-7(11)10(13)12-8-4-3-5-9(6-8)14-2/h3-7H,1-2H3,(H,12,13). The SMILES string of the molecule is COc1cccc(NC(=O)C(C)F)c1. The molecule has 1 unspecified atom stereocenters. The van der Waals surface area contributed by atoms with E-state index in [1.807, 2.05) is 0 Å². The summed E-state index contributed by atoms with van der Waals surface area (Å²) in [6, 6.07) is 6.76. The number of carbonyl (C=O) groups is 1. The monoisotopic (exact) mass is 197 g/mol. The van der Waals surface area contributed by atoms with Gasteiger partial charge in [0.05, 0.1) is 7.11 Å². The second-order valence-electron chi connectivity index (χ2n) is 2.84. The third-order valence-electron chi connectivity index (χ3n) is 1.70. The normalized spacial score (nSPS) is 11.9. The van der Waals surface area contributed by atoms with Gasteiger partial charge in [-0.05, 0) is 19.1 Å². The van der Waals surface area contributed by atoms with E-state index in [1.54, 1.807) is 24.3 Å². The van der Waals surface area contributed by atoms with Gasteiger partial charge in [-0.3, -0.25) is 4.79 Å². The number of nitrogens with one attached hydrogen (secondary N) is 1. The van der Waals surface area contributed by atoms with E-state index in [0.29, 0.717) is 11.4 Å². The van der Waals surface area contributed by atoms with Gasteiger partial charge in [-0.2, -0.15) is 0 Å². The number of hydrogen-bond donors (Lipinski definition) is 1. The zero-order valence-corrected chi connectivity index (χ0v) is 8.08. The van der Waals surface area contributed by atoms with Gasteiger partial charge >= 0.3 is 0 Å². The van der Waals surface area contributed by atoms with Crippen molar-refractivity contribution in [2.45, 2.75) is 13.1 Å². The van der Waals surface area contributed by atoms with Crippen LogP contribution in [0.1, 0.15) is 6.92 Å². The fourth-order valence-corrected chi connectivity index (χ4v) is 0.943. The quantitative estimate of drug-likeness (QED) is 0.804. The number of ether oxygens (including phenoxy) is 1. The highest BCUT2D eigenvalue weighted by molar-refractivity contribution is 5.93. The minimum Gasteiger partial charge on any atom is -0.497 e. The smallest absolute Gasteiger partial charge is 0.258 e.